The largest absolute Gasteiger partial charge is 0.595 e. The molecule has 0 heterocycles. The van der Waals surface area contributed by atoms with Crippen LogP contribution in [0.4, 0.5) is 21.0 Å². The maximum Gasteiger partial charge on any atom is 0.332 e. The zero-order valence-corrected chi connectivity index (χ0v) is 11.9. The number of benzene rings is 1. The fourth-order valence-electron chi connectivity index (χ4n) is 1.55. The summed E-state index contributed by atoms with van der Waals surface area (Å²) in [5.74, 6) is 0. The van der Waals surface area contributed by atoms with Gasteiger partial charge in [0.1, 0.15) is 0 Å². The lowest BCUT2D eigenvalue weighted by atomic mass is 10.1. The third-order valence-corrected chi connectivity index (χ3v) is 2.44. The van der Waals surface area contributed by atoms with Gasteiger partial charge in [-0.25, -0.2) is 30.9 Å². The van der Waals surface area contributed by atoms with E-state index in [1.165, 1.54) is 0 Å². The first-order chi connectivity index (χ1) is 11.2. The Morgan fingerprint density at radius 2 is 1.33 bits per heavy atom. The number of quaternary nitrogens is 2. The fourth-order valence-corrected chi connectivity index (χ4v) is 1.55. The first-order valence-corrected chi connectivity index (χ1v) is 6.04. The summed E-state index contributed by atoms with van der Waals surface area (Å²) in [6.07, 6.45) is 1.91. The molecule has 1 aromatic rings. The standard InChI is InChI=1S/C10H14N8O6/c11-9(19)15-13-3-5-1-6(4-14-16-10(12)20)8(18(23)24)2-7(5)17(21)22/h1-4,17-18,21,23H,(H3,11,15,19)(H3,12,16,20). The molecule has 2 atom stereocenters. The van der Waals surface area contributed by atoms with E-state index in [9.17, 15) is 20.0 Å². The number of hydrazone groups is 2. The highest BCUT2D eigenvalue weighted by Crippen LogP contribution is 2.18. The van der Waals surface area contributed by atoms with Crippen molar-refractivity contribution in [2.24, 2.45) is 21.7 Å². The number of carbonyl (C=O) groups is 2. The minimum atomic E-state index is -1.42. The molecule has 4 amide bonds. The Balaban J connectivity index is 3.34. The van der Waals surface area contributed by atoms with Crippen LogP contribution in [-0.2, 0) is 0 Å². The van der Waals surface area contributed by atoms with Gasteiger partial charge in [0.05, 0.1) is 29.6 Å². The molecule has 0 aliphatic heterocycles. The number of amides is 4. The van der Waals surface area contributed by atoms with Crippen molar-refractivity contribution >= 4 is 35.9 Å². The minimum Gasteiger partial charge on any atom is -0.595 e. The van der Waals surface area contributed by atoms with E-state index in [2.05, 4.69) is 10.2 Å². The average molecular weight is 342 g/mol. The van der Waals surface area contributed by atoms with Crippen molar-refractivity contribution in [1.29, 1.82) is 0 Å². The zero-order valence-electron chi connectivity index (χ0n) is 11.9. The topological polar surface area (TPSA) is 230 Å². The molecule has 0 radical (unpaired) electrons. The van der Waals surface area contributed by atoms with E-state index in [0.29, 0.717) is 0 Å². The first kappa shape index (κ1) is 18.9. The van der Waals surface area contributed by atoms with Crippen molar-refractivity contribution in [3.05, 3.63) is 33.7 Å². The summed E-state index contributed by atoms with van der Waals surface area (Å²) in [7, 11) is 0. The molecular formula is C10H14N8O6. The number of hydrogen-bond donors (Lipinski definition) is 8. The molecule has 0 spiro atoms. The second-order valence-corrected chi connectivity index (χ2v) is 4.11. The molecule has 0 bridgehead atoms. The number of rotatable bonds is 6. The highest BCUT2D eigenvalue weighted by atomic mass is 16.8. The second kappa shape index (κ2) is 8.48. The predicted molar refractivity (Wildman–Crippen MR) is 78.6 cm³/mol. The summed E-state index contributed by atoms with van der Waals surface area (Å²) in [5.41, 5.74) is 12.5. The van der Waals surface area contributed by atoms with E-state index in [-0.39, 0.29) is 22.5 Å². The smallest absolute Gasteiger partial charge is 0.332 e. The van der Waals surface area contributed by atoms with Gasteiger partial charge >= 0.3 is 12.1 Å². The Bertz CT molecular complexity index is 620. The molecule has 0 saturated carbocycles. The maximum absolute atomic E-state index is 11.2. The van der Waals surface area contributed by atoms with Crippen molar-refractivity contribution in [1.82, 2.24) is 10.9 Å². The van der Waals surface area contributed by atoms with Crippen LogP contribution in [0.15, 0.2) is 22.3 Å². The van der Waals surface area contributed by atoms with Gasteiger partial charge in [-0.05, 0) is 6.07 Å². The molecule has 14 heteroatoms. The molecule has 1 aromatic carbocycles. The normalized spacial score (nSPS) is 13.8. The Morgan fingerprint density at radius 3 is 1.62 bits per heavy atom. The first-order valence-electron chi connectivity index (χ1n) is 6.04. The molecule has 2 unspecified atom stereocenters. The van der Waals surface area contributed by atoms with E-state index < -0.39 is 22.5 Å². The van der Waals surface area contributed by atoms with Crippen LogP contribution >= 0.6 is 0 Å². The van der Waals surface area contributed by atoms with Crippen molar-refractivity contribution in [3.8, 4) is 0 Å². The third-order valence-electron chi connectivity index (χ3n) is 2.44. The number of urea groups is 2. The van der Waals surface area contributed by atoms with Crippen molar-refractivity contribution in [2.45, 2.75) is 0 Å². The summed E-state index contributed by atoms with van der Waals surface area (Å²) in [5, 5.41) is 44.7. The predicted octanol–water partition coefficient (Wildman–Crippen LogP) is -3.50. The summed E-state index contributed by atoms with van der Waals surface area (Å²) >= 11 is 0. The van der Waals surface area contributed by atoms with Crippen LogP contribution in [0.5, 0.6) is 0 Å². The molecule has 14 nitrogen and oxygen atoms in total. The molecule has 10 N–H and O–H groups in total. The van der Waals surface area contributed by atoms with E-state index >= 15 is 0 Å². The maximum atomic E-state index is 11.2. The Morgan fingerprint density at radius 1 is 0.958 bits per heavy atom. The summed E-state index contributed by atoms with van der Waals surface area (Å²) in [4.78, 5) is 21.1. The third kappa shape index (κ3) is 5.57. The van der Waals surface area contributed by atoms with Crippen LogP contribution in [0.25, 0.3) is 0 Å². The van der Waals surface area contributed by atoms with Crippen LogP contribution in [0.1, 0.15) is 11.1 Å². The second-order valence-electron chi connectivity index (χ2n) is 4.11. The Hall–Kier alpha value is -3.14. The summed E-state index contributed by atoms with van der Waals surface area (Å²) < 4.78 is 0. The summed E-state index contributed by atoms with van der Waals surface area (Å²) in [6, 6.07) is 0.0584. The van der Waals surface area contributed by atoms with E-state index in [1.807, 2.05) is 10.9 Å². The van der Waals surface area contributed by atoms with Gasteiger partial charge in [-0.2, -0.15) is 20.7 Å². The quantitative estimate of drug-likeness (QED) is 0.193. The van der Waals surface area contributed by atoms with Gasteiger partial charge < -0.3 is 21.9 Å². The number of nitrogens with zero attached hydrogens (tertiary/aromatic N) is 2. The van der Waals surface area contributed by atoms with E-state index in [0.717, 1.165) is 24.6 Å². The van der Waals surface area contributed by atoms with Gasteiger partial charge in [0.15, 0.2) is 11.4 Å². The molecule has 1 rings (SSSR count). The van der Waals surface area contributed by atoms with Gasteiger partial charge in [-0.15, -0.1) is 0 Å². The number of carbonyl (C=O) groups excluding carboxylic acids is 2. The van der Waals surface area contributed by atoms with E-state index in [4.69, 9.17) is 21.9 Å². The van der Waals surface area contributed by atoms with Crippen LogP contribution in [-0.4, -0.2) is 34.9 Å². The molecule has 0 saturated heterocycles. The van der Waals surface area contributed by atoms with Crippen LogP contribution in [0.2, 0.25) is 0 Å². The molecular weight excluding hydrogens is 328 g/mol. The minimum absolute atomic E-state index is 0.0400. The van der Waals surface area contributed by atoms with Crippen LogP contribution in [0.3, 0.4) is 0 Å². The molecule has 0 aliphatic rings. The lowest BCUT2D eigenvalue weighted by Crippen LogP contribution is -3.01. The lowest BCUT2D eigenvalue weighted by molar-refractivity contribution is -0.996. The number of nitrogens with one attached hydrogen (secondary N) is 4. The van der Waals surface area contributed by atoms with Gasteiger partial charge in [-0.1, -0.05) is 0 Å². The fraction of sp³-hybridized carbons (Fsp3) is 0. The lowest BCUT2D eigenvalue weighted by Gasteiger charge is -2.19. The highest BCUT2D eigenvalue weighted by molar-refractivity contribution is 5.94. The molecule has 130 valence electrons. The zero-order chi connectivity index (χ0) is 18.3. The highest BCUT2D eigenvalue weighted by Gasteiger charge is 2.17. The SMILES string of the molecule is NC(=O)NN=Cc1cc(C=NNC(N)=O)c([NH+]([O-])O)cc1[NH+]([O-])O. The number of nitrogens with two attached hydrogens (primary N) is 2. The van der Waals surface area contributed by atoms with Gasteiger partial charge in [-0.3, -0.25) is 0 Å². The molecule has 0 fully saturated rings. The molecule has 0 aromatic heterocycles. The van der Waals surface area contributed by atoms with Crippen molar-refractivity contribution in [3.63, 3.8) is 0 Å². The average Bonchev–Trinajstić information content (AvgIpc) is 2.45. The van der Waals surface area contributed by atoms with E-state index in [1.54, 1.807) is 0 Å². The van der Waals surface area contributed by atoms with Gasteiger partial charge in [0.25, 0.3) is 0 Å². The monoisotopic (exact) mass is 342 g/mol. The Labute approximate surface area is 133 Å². The summed E-state index contributed by atoms with van der Waals surface area (Å²) in [6.45, 7) is 0. The Kier molecular flexibility index (Phi) is 6.68. The molecule has 0 aliphatic carbocycles. The van der Waals surface area contributed by atoms with Gasteiger partial charge in [0.2, 0.25) is 0 Å². The molecule has 24 heavy (non-hydrogen) atoms. The van der Waals surface area contributed by atoms with Crippen LogP contribution < -0.4 is 32.8 Å². The number of hydrogen-bond acceptors (Lipinski definition) is 8. The number of primary amides is 2. The van der Waals surface area contributed by atoms with Gasteiger partial charge in [0, 0.05) is 0 Å². The van der Waals surface area contributed by atoms with Crippen LogP contribution in [0, 0.1) is 10.4 Å². The van der Waals surface area contributed by atoms with Crippen molar-refractivity contribution in [2.75, 3.05) is 0 Å². The van der Waals surface area contributed by atoms with Crippen molar-refractivity contribution < 1.29 is 30.5 Å².